The molecular formula is C22H26F6N2O7S. The van der Waals surface area contributed by atoms with E-state index in [9.17, 15) is 26.3 Å². The van der Waals surface area contributed by atoms with Crippen LogP contribution in [0, 0.1) is 13.8 Å². The largest absolute Gasteiger partial charge is 0.490 e. The van der Waals surface area contributed by atoms with Gasteiger partial charge in [-0.15, -0.1) is 11.3 Å². The number of aliphatic carboxylic acids is 2. The van der Waals surface area contributed by atoms with Crippen LogP contribution in [-0.2, 0) is 32.2 Å². The number of thiazole rings is 1. The summed E-state index contributed by atoms with van der Waals surface area (Å²) in [7, 11) is 0. The number of likely N-dealkylation sites (tertiary alicyclic amines) is 1. The van der Waals surface area contributed by atoms with Gasteiger partial charge in [0.2, 0.25) is 0 Å². The van der Waals surface area contributed by atoms with Crippen molar-refractivity contribution in [2.75, 3.05) is 13.2 Å². The van der Waals surface area contributed by atoms with Gasteiger partial charge in [0.05, 0.1) is 30.0 Å². The number of carbonyl (C=O) groups is 2. The maximum Gasteiger partial charge on any atom is 0.490 e. The number of nitrogens with zero attached hydrogens (tertiary/aromatic N) is 2. The quantitative estimate of drug-likeness (QED) is 0.493. The molecule has 38 heavy (non-hydrogen) atoms. The molecule has 0 saturated carbocycles. The zero-order valence-corrected chi connectivity index (χ0v) is 21.0. The van der Waals surface area contributed by atoms with E-state index in [0.29, 0.717) is 12.6 Å². The number of aromatic nitrogens is 1. The Balaban J connectivity index is 0.000000301. The molecule has 0 aromatic carbocycles. The molecule has 4 rings (SSSR count). The second kappa shape index (κ2) is 13.4. The molecule has 2 aromatic rings. The summed E-state index contributed by atoms with van der Waals surface area (Å²) >= 11 is 1.67. The van der Waals surface area contributed by atoms with E-state index in [1.165, 1.54) is 6.42 Å². The number of ether oxygens (including phenoxy) is 2. The molecule has 0 amide bonds. The first-order chi connectivity index (χ1) is 17.6. The highest BCUT2D eigenvalue weighted by Gasteiger charge is 2.45. The number of rotatable bonds is 5. The summed E-state index contributed by atoms with van der Waals surface area (Å²) in [6.07, 6.45) is -7.62. The van der Waals surface area contributed by atoms with Crippen LogP contribution in [0.4, 0.5) is 26.3 Å². The Labute approximate surface area is 217 Å². The van der Waals surface area contributed by atoms with Gasteiger partial charge in [-0.3, -0.25) is 4.90 Å². The van der Waals surface area contributed by atoms with E-state index in [1.807, 2.05) is 19.9 Å². The zero-order chi connectivity index (χ0) is 28.7. The third kappa shape index (κ3) is 9.89. The normalized spacial score (nSPS) is 21.5. The van der Waals surface area contributed by atoms with Crippen LogP contribution in [0.1, 0.15) is 35.1 Å². The Kier molecular flexibility index (Phi) is 11.1. The van der Waals surface area contributed by atoms with E-state index >= 15 is 0 Å². The van der Waals surface area contributed by atoms with Gasteiger partial charge >= 0.3 is 24.3 Å². The minimum Gasteiger partial charge on any atom is -0.475 e. The van der Waals surface area contributed by atoms with Crippen LogP contribution in [0.25, 0.3) is 0 Å². The molecule has 0 spiro atoms. The first-order valence-corrected chi connectivity index (χ1v) is 12.0. The smallest absolute Gasteiger partial charge is 0.475 e. The van der Waals surface area contributed by atoms with Crippen molar-refractivity contribution >= 4 is 23.3 Å². The van der Waals surface area contributed by atoms with Crippen molar-refractivity contribution in [2.24, 2.45) is 0 Å². The van der Waals surface area contributed by atoms with Crippen molar-refractivity contribution in [3.8, 4) is 0 Å². The maximum atomic E-state index is 10.6. The first kappa shape index (κ1) is 31.5. The molecular weight excluding hydrogens is 550 g/mol. The van der Waals surface area contributed by atoms with Gasteiger partial charge in [-0.05, 0) is 38.8 Å². The number of furan rings is 1. The predicted molar refractivity (Wildman–Crippen MR) is 119 cm³/mol. The van der Waals surface area contributed by atoms with Gasteiger partial charge < -0.3 is 24.1 Å². The average molecular weight is 577 g/mol. The highest BCUT2D eigenvalue weighted by atomic mass is 32.1. The van der Waals surface area contributed by atoms with E-state index in [1.54, 1.807) is 11.3 Å². The minimum atomic E-state index is -5.08. The van der Waals surface area contributed by atoms with Crippen LogP contribution in [0.5, 0.6) is 0 Å². The third-order valence-corrected chi connectivity index (χ3v) is 6.16. The van der Waals surface area contributed by atoms with Crippen molar-refractivity contribution in [3.63, 3.8) is 0 Å². The Bertz CT molecular complexity index is 1030. The molecule has 0 radical (unpaired) electrons. The van der Waals surface area contributed by atoms with Gasteiger partial charge in [-0.25, -0.2) is 14.6 Å². The molecule has 2 aromatic heterocycles. The number of carboxylic acids is 2. The van der Waals surface area contributed by atoms with Crippen LogP contribution in [0.2, 0.25) is 0 Å². The number of hydrogen-bond acceptors (Lipinski definition) is 8. The average Bonchev–Trinajstić information content (AvgIpc) is 3.51. The number of fused-ring (bicyclic) bond motifs is 1. The summed E-state index contributed by atoms with van der Waals surface area (Å²) in [5, 5.41) is 17.4. The topological polar surface area (TPSA) is 122 Å². The molecule has 2 fully saturated rings. The molecule has 2 saturated heterocycles. The summed E-state index contributed by atoms with van der Waals surface area (Å²) in [6.45, 7) is 7.13. The summed E-state index contributed by atoms with van der Waals surface area (Å²) in [5.74, 6) is -3.53. The number of hydrogen-bond donors (Lipinski definition) is 2. The SMILES string of the molecule is Cc1ccc(CN2C[C@@H](OCc3csc(C)n3)[C@H]3OCCC[C@H]32)o1.O=C(O)C(F)(F)F.O=C(O)C(F)(F)F. The van der Waals surface area contributed by atoms with Crippen molar-refractivity contribution in [3.05, 3.63) is 39.7 Å². The van der Waals surface area contributed by atoms with Crippen molar-refractivity contribution in [1.82, 2.24) is 9.88 Å². The van der Waals surface area contributed by atoms with E-state index in [2.05, 4.69) is 21.3 Å². The lowest BCUT2D eigenvalue weighted by molar-refractivity contribution is -0.193. The van der Waals surface area contributed by atoms with Gasteiger partial charge in [0.1, 0.15) is 17.6 Å². The maximum absolute atomic E-state index is 10.6. The predicted octanol–water partition coefficient (Wildman–Crippen LogP) is 4.57. The standard InChI is InChI=1S/C18H24N2O3S.2C2HF3O2/c1-12-5-6-15(23-12)8-20-9-17(18-16(20)4-3-7-21-18)22-10-14-11-24-13(2)19-14;2*3-2(4,5)1(6)7/h5-6,11,16-18H,3-4,7-10H2,1-2H3;2*(H,6,7)/t16-,17-,18+;;/m1../s1. The Morgan fingerprint density at radius 1 is 1.13 bits per heavy atom. The first-order valence-electron chi connectivity index (χ1n) is 11.1. The van der Waals surface area contributed by atoms with Crippen LogP contribution >= 0.6 is 11.3 Å². The Morgan fingerprint density at radius 3 is 2.21 bits per heavy atom. The van der Waals surface area contributed by atoms with Crippen LogP contribution in [-0.4, -0.2) is 75.8 Å². The molecule has 0 unspecified atom stereocenters. The van der Waals surface area contributed by atoms with E-state index in [4.69, 9.17) is 33.7 Å². The van der Waals surface area contributed by atoms with E-state index in [0.717, 1.165) is 48.3 Å². The van der Waals surface area contributed by atoms with Crippen molar-refractivity contribution in [2.45, 2.75) is 70.4 Å². The fraction of sp³-hybridized carbons (Fsp3) is 0.591. The minimum absolute atomic E-state index is 0.105. The van der Waals surface area contributed by atoms with Crippen LogP contribution in [0.15, 0.2) is 21.9 Å². The molecule has 4 heterocycles. The van der Waals surface area contributed by atoms with Gasteiger partial charge in [-0.2, -0.15) is 26.3 Å². The summed E-state index contributed by atoms with van der Waals surface area (Å²) < 4.78 is 81.5. The fourth-order valence-electron chi connectivity index (χ4n) is 3.77. The highest BCUT2D eigenvalue weighted by molar-refractivity contribution is 7.09. The fourth-order valence-corrected chi connectivity index (χ4v) is 4.37. The summed E-state index contributed by atoms with van der Waals surface area (Å²) in [6, 6.07) is 4.52. The molecule has 2 aliphatic heterocycles. The lowest BCUT2D eigenvalue weighted by Gasteiger charge is -2.31. The number of carboxylic acid groups (broad SMARTS) is 2. The summed E-state index contributed by atoms with van der Waals surface area (Å²) in [4.78, 5) is 24.7. The molecule has 2 N–H and O–H groups in total. The van der Waals surface area contributed by atoms with Gasteiger partial charge in [0, 0.05) is 24.6 Å². The van der Waals surface area contributed by atoms with Crippen LogP contribution < -0.4 is 0 Å². The lowest BCUT2D eigenvalue weighted by Crippen LogP contribution is -2.41. The molecule has 0 bridgehead atoms. The molecule has 9 nitrogen and oxygen atoms in total. The second-order valence-electron chi connectivity index (χ2n) is 8.30. The lowest BCUT2D eigenvalue weighted by atomic mass is 10.0. The van der Waals surface area contributed by atoms with Gasteiger partial charge in [-0.1, -0.05) is 0 Å². The van der Waals surface area contributed by atoms with E-state index in [-0.39, 0.29) is 12.2 Å². The van der Waals surface area contributed by atoms with Gasteiger partial charge in [0.25, 0.3) is 0 Å². The molecule has 0 aliphatic carbocycles. The molecule has 2 aliphatic rings. The Morgan fingerprint density at radius 2 is 1.74 bits per heavy atom. The number of halogens is 6. The monoisotopic (exact) mass is 576 g/mol. The highest BCUT2D eigenvalue weighted by Crippen LogP contribution is 2.32. The third-order valence-electron chi connectivity index (χ3n) is 5.34. The van der Waals surface area contributed by atoms with Crippen molar-refractivity contribution in [1.29, 1.82) is 0 Å². The van der Waals surface area contributed by atoms with Gasteiger partial charge in [0.15, 0.2) is 0 Å². The summed E-state index contributed by atoms with van der Waals surface area (Å²) in [5.41, 5.74) is 1.02. The Hall–Kier alpha value is -2.69. The van der Waals surface area contributed by atoms with E-state index < -0.39 is 24.3 Å². The zero-order valence-electron chi connectivity index (χ0n) is 20.2. The number of alkyl halides is 6. The molecule has 214 valence electrons. The van der Waals surface area contributed by atoms with Crippen molar-refractivity contribution < 1.29 is 60.0 Å². The van der Waals surface area contributed by atoms with Crippen LogP contribution in [0.3, 0.4) is 0 Å². The molecule has 3 atom stereocenters. The second-order valence-corrected chi connectivity index (χ2v) is 9.36. The molecule has 16 heteroatoms. The number of aryl methyl sites for hydroxylation is 2.